The molecule has 0 spiro atoms. The third kappa shape index (κ3) is 1.44. The smallest absolute Gasteiger partial charge is 0.122 e. The van der Waals surface area contributed by atoms with Crippen LogP contribution in [0, 0.1) is 0 Å². The Morgan fingerprint density at radius 3 is 2.81 bits per heavy atom. The number of aliphatic hydroxyl groups excluding tert-OH is 1. The second-order valence-electron chi connectivity index (χ2n) is 5.07. The molecule has 86 valence electrons. The fourth-order valence-corrected chi connectivity index (χ4v) is 2.83. The molecule has 0 atom stereocenters. The van der Waals surface area contributed by atoms with Crippen molar-refractivity contribution in [3.63, 3.8) is 0 Å². The van der Waals surface area contributed by atoms with Crippen molar-refractivity contribution in [2.75, 3.05) is 13.2 Å². The Morgan fingerprint density at radius 1 is 1.25 bits per heavy atom. The van der Waals surface area contributed by atoms with Crippen LogP contribution in [0.15, 0.2) is 18.2 Å². The van der Waals surface area contributed by atoms with Crippen molar-refractivity contribution in [1.29, 1.82) is 0 Å². The van der Waals surface area contributed by atoms with Crippen LogP contribution < -0.4 is 4.74 Å². The lowest BCUT2D eigenvalue weighted by molar-refractivity contribution is 0.120. The minimum absolute atomic E-state index is 0.0620. The monoisotopic (exact) mass is 218 g/mol. The van der Waals surface area contributed by atoms with Crippen LogP contribution in [-0.4, -0.2) is 18.3 Å². The molecule has 1 aromatic carbocycles. The first-order chi connectivity index (χ1) is 7.84. The highest BCUT2D eigenvalue weighted by Crippen LogP contribution is 2.44. The van der Waals surface area contributed by atoms with Crippen molar-refractivity contribution in [2.24, 2.45) is 0 Å². The number of ether oxygens (including phenoxy) is 1. The van der Waals surface area contributed by atoms with Gasteiger partial charge < -0.3 is 9.84 Å². The lowest BCUT2D eigenvalue weighted by Crippen LogP contribution is -2.38. The predicted octanol–water partition coefficient (Wildman–Crippen LogP) is 2.43. The predicted molar refractivity (Wildman–Crippen MR) is 62.9 cm³/mol. The van der Waals surface area contributed by atoms with E-state index in [-0.39, 0.29) is 12.0 Å². The maximum absolute atomic E-state index is 9.56. The van der Waals surface area contributed by atoms with Crippen molar-refractivity contribution in [2.45, 2.75) is 37.5 Å². The third-order valence-corrected chi connectivity index (χ3v) is 4.13. The summed E-state index contributed by atoms with van der Waals surface area (Å²) in [4.78, 5) is 0. The van der Waals surface area contributed by atoms with E-state index >= 15 is 0 Å². The molecule has 16 heavy (non-hydrogen) atoms. The van der Waals surface area contributed by atoms with Crippen molar-refractivity contribution in [3.8, 4) is 5.75 Å². The molecule has 2 aliphatic rings. The lowest BCUT2D eigenvalue weighted by atomic mass is 9.65. The topological polar surface area (TPSA) is 29.5 Å². The largest absolute Gasteiger partial charge is 0.493 e. The molecule has 1 saturated carbocycles. The summed E-state index contributed by atoms with van der Waals surface area (Å²) in [6.45, 7) is 1.13. The minimum atomic E-state index is 0.0620. The molecule has 0 bridgehead atoms. The van der Waals surface area contributed by atoms with Crippen LogP contribution in [0.25, 0.3) is 0 Å². The van der Waals surface area contributed by atoms with Gasteiger partial charge in [0.05, 0.1) is 13.2 Å². The Kier molecular flexibility index (Phi) is 2.40. The van der Waals surface area contributed by atoms with Gasteiger partial charge in [0.2, 0.25) is 0 Å². The molecule has 2 heteroatoms. The highest BCUT2D eigenvalue weighted by atomic mass is 16.5. The maximum Gasteiger partial charge on any atom is 0.122 e. The van der Waals surface area contributed by atoms with Gasteiger partial charge >= 0.3 is 0 Å². The standard InChI is InChI=1S/C14H18O2/c15-10-14(6-2-7-14)12-4-5-13-11(9-12)3-1-8-16-13/h4-5,9,15H,1-3,6-8,10H2. The molecule has 1 aliphatic heterocycles. The van der Waals surface area contributed by atoms with Crippen molar-refractivity contribution >= 4 is 0 Å². The summed E-state index contributed by atoms with van der Waals surface area (Å²) in [5.74, 6) is 1.04. The van der Waals surface area contributed by atoms with E-state index in [1.807, 2.05) is 0 Å². The zero-order valence-electron chi connectivity index (χ0n) is 9.54. The van der Waals surface area contributed by atoms with Crippen LogP contribution in [0.4, 0.5) is 0 Å². The summed E-state index contributed by atoms with van der Waals surface area (Å²) in [5.41, 5.74) is 2.70. The Morgan fingerprint density at radius 2 is 2.12 bits per heavy atom. The molecule has 0 amide bonds. The number of aryl methyl sites for hydroxylation is 1. The number of fused-ring (bicyclic) bond motifs is 1. The molecule has 1 heterocycles. The second-order valence-corrected chi connectivity index (χ2v) is 5.07. The Hall–Kier alpha value is -1.02. The van der Waals surface area contributed by atoms with E-state index in [1.165, 1.54) is 17.5 Å². The van der Waals surface area contributed by atoms with Crippen LogP contribution in [0.3, 0.4) is 0 Å². The molecule has 0 saturated heterocycles. The van der Waals surface area contributed by atoms with E-state index in [0.717, 1.165) is 38.0 Å². The molecular formula is C14H18O2. The van der Waals surface area contributed by atoms with Crippen molar-refractivity contribution < 1.29 is 9.84 Å². The van der Waals surface area contributed by atoms with Gasteiger partial charge in [-0.1, -0.05) is 18.6 Å². The van der Waals surface area contributed by atoms with E-state index in [4.69, 9.17) is 4.74 Å². The first kappa shape index (κ1) is 10.2. The maximum atomic E-state index is 9.56. The van der Waals surface area contributed by atoms with Crippen LogP contribution in [-0.2, 0) is 11.8 Å². The van der Waals surface area contributed by atoms with Gasteiger partial charge in [-0.2, -0.15) is 0 Å². The van der Waals surface area contributed by atoms with Gasteiger partial charge in [0.1, 0.15) is 5.75 Å². The lowest BCUT2D eigenvalue weighted by Gasteiger charge is -2.41. The SMILES string of the molecule is OCC1(c2ccc3c(c2)CCCO3)CCC1. The van der Waals surface area contributed by atoms with Gasteiger partial charge in [-0.15, -0.1) is 0 Å². The van der Waals surface area contributed by atoms with E-state index in [1.54, 1.807) is 0 Å². The zero-order valence-corrected chi connectivity index (χ0v) is 9.54. The molecular weight excluding hydrogens is 200 g/mol. The van der Waals surface area contributed by atoms with Gasteiger partial charge in [0, 0.05) is 5.41 Å². The average Bonchev–Trinajstić information content (AvgIpc) is 2.28. The number of benzene rings is 1. The molecule has 0 unspecified atom stereocenters. The number of hydrogen-bond acceptors (Lipinski definition) is 2. The molecule has 0 radical (unpaired) electrons. The molecule has 3 rings (SSSR count). The van der Waals surface area contributed by atoms with Crippen LogP contribution in [0.2, 0.25) is 0 Å². The summed E-state index contributed by atoms with van der Waals surface area (Å²) < 4.78 is 5.61. The van der Waals surface area contributed by atoms with Crippen LogP contribution in [0.5, 0.6) is 5.75 Å². The first-order valence-electron chi connectivity index (χ1n) is 6.21. The summed E-state index contributed by atoms with van der Waals surface area (Å²) in [5, 5.41) is 9.56. The van der Waals surface area contributed by atoms with Crippen LogP contribution >= 0.6 is 0 Å². The molecule has 1 aromatic rings. The van der Waals surface area contributed by atoms with Gasteiger partial charge in [0.15, 0.2) is 0 Å². The summed E-state index contributed by atoms with van der Waals surface area (Å²) in [6.07, 6.45) is 5.73. The van der Waals surface area contributed by atoms with Gasteiger partial charge in [0.25, 0.3) is 0 Å². The fourth-order valence-electron chi connectivity index (χ4n) is 2.83. The zero-order chi connectivity index (χ0) is 11.0. The summed E-state index contributed by atoms with van der Waals surface area (Å²) in [7, 11) is 0. The Labute approximate surface area is 96.2 Å². The highest BCUT2D eigenvalue weighted by molar-refractivity contribution is 5.42. The normalized spacial score (nSPS) is 21.8. The number of rotatable bonds is 2. The molecule has 1 fully saturated rings. The average molecular weight is 218 g/mol. The second kappa shape index (κ2) is 3.77. The molecule has 2 nitrogen and oxygen atoms in total. The molecule has 0 aromatic heterocycles. The molecule has 1 N–H and O–H groups in total. The summed E-state index contributed by atoms with van der Waals surface area (Å²) in [6, 6.07) is 6.48. The third-order valence-electron chi connectivity index (χ3n) is 4.13. The minimum Gasteiger partial charge on any atom is -0.493 e. The quantitative estimate of drug-likeness (QED) is 0.826. The van der Waals surface area contributed by atoms with E-state index in [9.17, 15) is 5.11 Å². The Bertz CT molecular complexity index is 388. The molecule has 1 aliphatic carbocycles. The van der Waals surface area contributed by atoms with Crippen molar-refractivity contribution in [1.82, 2.24) is 0 Å². The van der Waals surface area contributed by atoms with E-state index in [0.29, 0.717) is 0 Å². The summed E-state index contributed by atoms with van der Waals surface area (Å²) >= 11 is 0. The van der Waals surface area contributed by atoms with Gasteiger partial charge in [-0.3, -0.25) is 0 Å². The Balaban J connectivity index is 1.96. The van der Waals surface area contributed by atoms with Gasteiger partial charge in [-0.05, 0) is 42.9 Å². The van der Waals surface area contributed by atoms with Gasteiger partial charge in [-0.25, -0.2) is 0 Å². The van der Waals surface area contributed by atoms with Crippen molar-refractivity contribution in [3.05, 3.63) is 29.3 Å². The fraction of sp³-hybridized carbons (Fsp3) is 0.571. The van der Waals surface area contributed by atoms with Crippen LogP contribution in [0.1, 0.15) is 36.8 Å². The van der Waals surface area contributed by atoms with E-state index in [2.05, 4.69) is 18.2 Å². The highest BCUT2D eigenvalue weighted by Gasteiger charge is 2.38. The number of hydrogen-bond donors (Lipinski definition) is 1. The first-order valence-corrected chi connectivity index (χ1v) is 6.21. The van der Waals surface area contributed by atoms with E-state index < -0.39 is 0 Å². The number of aliphatic hydroxyl groups is 1.